The van der Waals surface area contributed by atoms with Crippen LogP contribution in [-0.4, -0.2) is 29.2 Å². The Morgan fingerprint density at radius 3 is 3.00 bits per heavy atom. The summed E-state index contributed by atoms with van der Waals surface area (Å²) in [6.07, 6.45) is 1.57. The summed E-state index contributed by atoms with van der Waals surface area (Å²) in [5.74, 6) is 0.612. The van der Waals surface area contributed by atoms with Crippen molar-refractivity contribution in [1.82, 2.24) is 15.5 Å². The summed E-state index contributed by atoms with van der Waals surface area (Å²) in [5.41, 5.74) is 0. The Kier molecular flexibility index (Phi) is 2.18. The zero-order valence-corrected chi connectivity index (χ0v) is 7.03. The molecule has 1 aliphatic rings. The van der Waals surface area contributed by atoms with Gasteiger partial charge in [0.25, 0.3) is 0 Å². The van der Waals surface area contributed by atoms with Gasteiger partial charge in [0, 0.05) is 19.3 Å². The van der Waals surface area contributed by atoms with Crippen molar-refractivity contribution < 1.29 is 4.79 Å². The highest BCUT2D eigenvalue weighted by Crippen LogP contribution is 2.06. The van der Waals surface area contributed by atoms with Gasteiger partial charge in [-0.15, -0.1) is 5.10 Å². The van der Waals surface area contributed by atoms with E-state index in [0.717, 1.165) is 13.1 Å². The molecular formula is C8H10N4O. The van der Waals surface area contributed by atoms with Crippen LogP contribution in [0.25, 0.3) is 0 Å². The first kappa shape index (κ1) is 8.12. The molecule has 1 aliphatic heterocycles. The molecule has 13 heavy (non-hydrogen) atoms. The molecule has 1 aromatic heterocycles. The lowest BCUT2D eigenvalue weighted by molar-refractivity contribution is -0.121. The number of anilines is 1. The molecule has 2 heterocycles. The second kappa shape index (κ2) is 3.49. The van der Waals surface area contributed by atoms with Gasteiger partial charge in [0.2, 0.25) is 5.91 Å². The smallest absolute Gasteiger partial charge is 0.231 e. The van der Waals surface area contributed by atoms with Crippen LogP contribution in [0.2, 0.25) is 0 Å². The third-order valence-electron chi connectivity index (χ3n) is 1.98. The SMILES string of the molecule is O=C(Nc1cccnn1)C1CNC1. The summed E-state index contributed by atoms with van der Waals surface area (Å²) in [5, 5.41) is 13.1. The van der Waals surface area contributed by atoms with Gasteiger partial charge in [-0.25, -0.2) is 0 Å². The Labute approximate surface area is 75.6 Å². The zero-order chi connectivity index (χ0) is 9.10. The molecule has 68 valence electrons. The van der Waals surface area contributed by atoms with Crippen LogP contribution in [0.1, 0.15) is 0 Å². The Balaban J connectivity index is 1.94. The molecule has 1 aromatic rings. The fourth-order valence-electron chi connectivity index (χ4n) is 1.07. The third kappa shape index (κ3) is 1.81. The number of nitrogens with zero attached hydrogens (tertiary/aromatic N) is 2. The van der Waals surface area contributed by atoms with Crippen LogP contribution in [0, 0.1) is 5.92 Å². The topological polar surface area (TPSA) is 66.9 Å². The van der Waals surface area contributed by atoms with Gasteiger partial charge in [0.15, 0.2) is 5.82 Å². The molecule has 0 unspecified atom stereocenters. The summed E-state index contributed by atoms with van der Waals surface area (Å²) in [4.78, 5) is 11.4. The number of amides is 1. The van der Waals surface area contributed by atoms with Crippen molar-refractivity contribution >= 4 is 11.7 Å². The summed E-state index contributed by atoms with van der Waals surface area (Å²) >= 11 is 0. The van der Waals surface area contributed by atoms with Crippen molar-refractivity contribution in [2.24, 2.45) is 5.92 Å². The van der Waals surface area contributed by atoms with Gasteiger partial charge in [0.05, 0.1) is 5.92 Å². The zero-order valence-electron chi connectivity index (χ0n) is 7.03. The van der Waals surface area contributed by atoms with Crippen LogP contribution < -0.4 is 10.6 Å². The van der Waals surface area contributed by atoms with Crippen LogP contribution in [-0.2, 0) is 4.79 Å². The van der Waals surface area contributed by atoms with Crippen molar-refractivity contribution in [3.05, 3.63) is 18.3 Å². The molecule has 1 fully saturated rings. The number of carbonyl (C=O) groups excluding carboxylic acids is 1. The maximum Gasteiger partial charge on any atom is 0.231 e. The first-order valence-corrected chi connectivity index (χ1v) is 4.15. The van der Waals surface area contributed by atoms with Crippen molar-refractivity contribution in [3.63, 3.8) is 0 Å². The van der Waals surface area contributed by atoms with Gasteiger partial charge >= 0.3 is 0 Å². The molecule has 2 N–H and O–H groups in total. The van der Waals surface area contributed by atoms with Crippen molar-refractivity contribution in [2.45, 2.75) is 0 Å². The molecule has 1 saturated heterocycles. The number of carbonyl (C=O) groups is 1. The molecule has 2 rings (SSSR count). The van der Waals surface area contributed by atoms with Crippen molar-refractivity contribution in [2.75, 3.05) is 18.4 Å². The van der Waals surface area contributed by atoms with Crippen LogP contribution in [0.3, 0.4) is 0 Å². The molecule has 5 nitrogen and oxygen atoms in total. The molecule has 0 radical (unpaired) electrons. The molecule has 0 saturated carbocycles. The van der Waals surface area contributed by atoms with E-state index in [2.05, 4.69) is 20.8 Å². The number of nitrogens with one attached hydrogen (secondary N) is 2. The predicted octanol–water partition coefficient (Wildman–Crippen LogP) is -0.366. The summed E-state index contributed by atoms with van der Waals surface area (Å²) in [6.45, 7) is 1.51. The summed E-state index contributed by atoms with van der Waals surface area (Å²) in [6, 6.07) is 3.46. The predicted molar refractivity (Wildman–Crippen MR) is 47.0 cm³/mol. The largest absolute Gasteiger partial charge is 0.315 e. The monoisotopic (exact) mass is 178 g/mol. The minimum Gasteiger partial charge on any atom is -0.315 e. The van der Waals surface area contributed by atoms with Gasteiger partial charge in [-0.05, 0) is 12.1 Å². The van der Waals surface area contributed by atoms with E-state index in [4.69, 9.17) is 0 Å². The molecule has 0 spiro atoms. The first-order valence-electron chi connectivity index (χ1n) is 4.15. The van der Waals surface area contributed by atoms with Gasteiger partial charge in [-0.2, -0.15) is 5.10 Å². The number of hydrogen-bond acceptors (Lipinski definition) is 4. The lowest BCUT2D eigenvalue weighted by Crippen LogP contribution is -2.48. The Morgan fingerprint density at radius 1 is 1.62 bits per heavy atom. The molecule has 0 bridgehead atoms. The summed E-state index contributed by atoms with van der Waals surface area (Å²) < 4.78 is 0. The molecule has 0 atom stereocenters. The number of aromatic nitrogens is 2. The third-order valence-corrected chi connectivity index (χ3v) is 1.98. The van der Waals surface area contributed by atoms with Crippen LogP contribution in [0.15, 0.2) is 18.3 Å². The quantitative estimate of drug-likeness (QED) is 0.648. The maximum atomic E-state index is 11.4. The van der Waals surface area contributed by atoms with E-state index in [9.17, 15) is 4.79 Å². The first-order chi connectivity index (χ1) is 6.36. The lowest BCUT2D eigenvalue weighted by Gasteiger charge is -2.25. The maximum absolute atomic E-state index is 11.4. The Bertz CT molecular complexity index is 296. The molecule has 0 aromatic carbocycles. The van der Waals surface area contributed by atoms with Gasteiger partial charge in [-0.3, -0.25) is 4.79 Å². The Morgan fingerprint density at radius 2 is 2.46 bits per heavy atom. The molecular weight excluding hydrogens is 168 g/mol. The average Bonchev–Trinajstić information content (AvgIpc) is 2.02. The van der Waals surface area contributed by atoms with Crippen LogP contribution in [0.4, 0.5) is 5.82 Å². The second-order valence-corrected chi connectivity index (χ2v) is 2.95. The van der Waals surface area contributed by atoms with E-state index in [1.165, 1.54) is 0 Å². The standard InChI is InChI=1S/C8H10N4O/c13-8(6-4-9-5-6)11-7-2-1-3-10-12-7/h1-3,6,9H,4-5H2,(H,11,12,13). The van der Waals surface area contributed by atoms with E-state index >= 15 is 0 Å². The normalized spacial score (nSPS) is 16.3. The molecule has 5 heteroatoms. The highest BCUT2D eigenvalue weighted by atomic mass is 16.2. The highest BCUT2D eigenvalue weighted by molar-refractivity contribution is 5.92. The fourth-order valence-corrected chi connectivity index (χ4v) is 1.07. The lowest BCUT2D eigenvalue weighted by atomic mass is 10.0. The van der Waals surface area contributed by atoms with E-state index in [1.807, 2.05) is 0 Å². The van der Waals surface area contributed by atoms with Crippen LogP contribution in [0.5, 0.6) is 0 Å². The number of rotatable bonds is 2. The van der Waals surface area contributed by atoms with E-state index < -0.39 is 0 Å². The second-order valence-electron chi connectivity index (χ2n) is 2.95. The van der Waals surface area contributed by atoms with Gasteiger partial charge in [0.1, 0.15) is 0 Å². The summed E-state index contributed by atoms with van der Waals surface area (Å²) in [7, 11) is 0. The molecule has 1 amide bonds. The van der Waals surface area contributed by atoms with E-state index in [0.29, 0.717) is 5.82 Å². The van der Waals surface area contributed by atoms with Gasteiger partial charge < -0.3 is 10.6 Å². The van der Waals surface area contributed by atoms with Gasteiger partial charge in [-0.1, -0.05) is 0 Å². The van der Waals surface area contributed by atoms with E-state index in [1.54, 1.807) is 18.3 Å². The average molecular weight is 178 g/mol. The Hall–Kier alpha value is -1.49. The van der Waals surface area contributed by atoms with Crippen molar-refractivity contribution in [1.29, 1.82) is 0 Å². The highest BCUT2D eigenvalue weighted by Gasteiger charge is 2.24. The minimum absolute atomic E-state index is 0.0132. The van der Waals surface area contributed by atoms with E-state index in [-0.39, 0.29) is 11.8 Å². The minimum atomic E-state index is 0.0132. The molecule has 0 aliphatic carbocycles. The fraction of sp³-hybridized carbons (Fsp3) is 0.375. The van der Waals surface area contributed by atoms with Crippen molar-refractivity contribution in [3.8, 4) is 0 Å². The van der Waals surface area contributed by atoms with Crippen LogP contribution >= 0.6 is 0 Å². The number of hydrogen-bond donors (Lipinski definition) is 2.